The zero-order valence-electron chi connectivity index (χ0n) is 5.68. The summed E-state index contributed by atoms with van der Waals surface area (Å²) < 4.78 is 0. The summed E-state index contributed by atoms with van der Waals surface area (Å²) in [6.07, 6.45) is 2.18. The number of likely N-dealkylation sites (tertiary alicyclic amines) is 1. The van der Waals surface area contributed by atoms with Crippen LogP contribution >= 0.6 is 12.4 Å². The van der Waals surface area contributed by atoms with E-state index in [0.717, 1.165) is 25.3 Å². The smallest absolute Gasteiger partial charge is 0.0958 e. The maximum absolute atomic E-state index is 7.33. The van der Waals surface area contributed by atoms with Crippen LogP contribution in [0.1, 0.15) is 19.8 Å². The van der Waals surface area contributed by atoms with Crippen LogP contribution in [0.4, 0.5) is 0 Å². The minimum Gasteiger partial charge on any atom is -0.361 e. The molecule has 0 radical (unpaired) electrons. The Morgan fingerprint density at radius 3 is 2.56 bits per heavy atom. The van der Waals surface area contributed by atoms with Gasteiger partial charge in [-0.1, -0.05) is 0 Å². The molecule has 0 spiro atoms. The molecule has 1 N–H and O–H groups in total. The van der Waals surface area contributed by atoms with Gasteiger partial charge in [-0.05, 0) is 13.3 Å². The molecule has 9 heavy (non-hydrogen) atoms. The summed E-state index contributed by atoms with van der Waals surface area (Å²) in [5.41, 5.74) is 0. The Morgan fingerprint density at radius 1 is 1.67 bits per heavy atom. The maximum atomic E-state index is 7.33. The van der Waals surface area contributed by atoms with E-state index in [4.69, 9.17) is 5.41 Å². The Hall–Kier alpha value is -0.240. The lowest BCUT2D eigenvalue weighted by atomic mass is 10.4. The van der Waals surface area contributed by atoms with Gasteiger partial charge in [0.2, 0.25) is 0 Å². The lowest BCUT2D eigenvalue weighted by Crippen LogP contribution is -2.22. The van der Waals surface area contributed by atoms with E-state index in [-0.39, 0.29) is 12.4 Å². The van der Waals surface area contributed by atoms with Crippen molar-refractivity contribution in [3.05, 3.63) is 0 Å². The Balaban J connectivity index is 0.000000640. The zero-order chi connectivity index (χ0) is 5.98. The third-order valence-corrected chi connectivity index (χ3v) is 1.61. The minimum absolute atomic E-state index is 0. The summed E-state index contributed by atoms with van der Waals surface area (Å²) in [5, 5.41) is 7.33. The molecular formula is C6H13ClN2. The maximum Gasteiger partial charge on any atom is 0.0958 e. The summed E-state index contributed by atoms with van der Waals surface area (Å²) in [6, 6.07) is 0. The van der Waals surface area contributed by atoms with Crippen LogP contribution in [0.25, 0.3) is 0 Å². The first-order chi connectivity index (χ1) is 3.84. The van der Waals surface area contributed by atoms with Crippen LogP contribution in [0.3, 0.4) is 0 Å². The number of halogens is 1. The van der Waals surface area contributed by atoms with E-state index in [1.54, 1.807) is 0 Å². The second kappa shape index (κ2) is 3.72. The van der Waals surface area contributed by atoms with Crippen molar-refractivity contribution in [2.24, 2.45) is 0 Å². The van der Waals surface area contributed by atoms with E-state index in [1.165, 1.54) is 6.42 Å². The zero-order valence-corrected chi connectivity index (χ0v) is 6.50. The number of nitrogens with one attached hydrogen (secondary N) is 1. The molecule has 1 aliphatic rings. The lowest BCUT2D eigenvalue weighted by molar-refractivity contribution is 0.476. The standard InChI is InChI=1S/C6H12N2.ClH/c1-2-8-5-3-4-6(8)7;/h7H,2-5H2,1H3;1H. The monoisotopic (exact) mass is 148 g/mol. The summed E-state index contributed by atoms with van der Waals surface area (Å²) in [7, 11) is 0. The minimum atomic E-state index is 0. The third kappa shape index (κ3) is 1.86. The number of amidine groups is 1. The van der Waals surface area contributed by atoms with Crippen molar-refractivity contribution in [2.75, 3.05) is 13.1 Å². The highest BCUT2D eigenvalue weighted by molar-refractivity contribution is 5.85. The summed E-state index contributed by atoms with van der Waals surface area (Å²) in [5.74, 6) is 0.826. The van der Waals surface area contributed by atoms with Gasteiger partial charge in [0.15, 0.2) is 0 Å². The molecule has 3 heteroatoms. The number of nitrogens with zero attached hydrogens (tertiary/aromatic N) is 1. The molecule has 0 aromatic carbocycles. The van der Waals surface area contributed by atoms with E-state index < -0.39 is 0 Å². The molecule has 2 nitrogen and oxygen atoms in total. The van der Waals surface area contributed by atoms with Gasteiger partial charge < -0.3 is 4.90 Å². The highest BCUT2D eigenvalue weighted by atomic mass is 35.5. The fourth-order valence-electron chi connectivity index (χ4n) is 1.08. The van der Waals surface area contributed by atoms with Crippen LogP contribution in [0.5, 0.6) is 0 Å². The summed E-state index contributed by atoms with van der Waals surface area (Å²) in [4.78, 5) is 2.11. The van der Waals surface area contributed by atoms with Crippen LogP contribution < -0.4 is 0 Å². The van der Waals surface area contributed by atoms with Crippen molar-refractivity contribution in [1.29, 1.82) is 5.41 Å². The first-order valence-electron chi connectivity index (χ1n) is 3.17. The summed E-state index contributed by atoms with van der Waals surface area (Å²) in [6.45, 7) is 4.22. The molecule has 0 aromatic rings. The van der Waals surface area contributed by atoms with Gasteiger partial charge in [0, 0.05) is 19.5 Å². The first kappa shape index (κ1) is 8.76. The van der Waals surface area contributed by atoms with Crippen molar-refractivity contribution in [2.45, 2.75) is 19.8 Å². The largest absolute Gasteiger partial charge is 0.361 e. The molecule has 0 atom stereocenters. The molecule has 0 bridgehead atoms. The van der Waals surface area contributed by atoms with E-state index in [0.29, 0.717) is 0 Å². The average Bonchev–Trinajstić information content (AvgIpc) is 2.14. The van der Waals surface area contributed by atoms with E-state index in [1.807, 2.05) is 0 Å². The van der Waals surface area contributed by atoms with Crippen LogP contribution in [0, 0.1) is 5.41 Å². The fraction of sp³-hybridized carbons (Fsp3) is 0.833. The molecule has 0 amide bonds. The molecule has 1 saturated heterocycles. The second-order valence-electron chi connectivity index (χ2n) is 2.13. The summed E-state index contributed by atoms with van der Waals surface area (Å²) >= 11 is 0. The molecule has 1 aliphatic heterocycles. The Morgan fingerprint density at radius 2 is 2.33 bits per heavy atom. The molecule has 0 aromatic heterocycles. The van der Waals surface area contributed by atoms with Gasteiger partial charge in [0.05, 0.1) is 5.84 Å². The van der Waals surface area contributed by atoms with Gasteiger partial charge in [-0.2, -0.15) is 0 Å². The molecule has 1 heterocycles. The van der Waals surface area contributed by atoms with Crippen LogP contribution in [-0.2, 0) is 0 Å². The van der Waals surface area contributed by atoms with Crippen molar-refractivity contribution < 1.29 is 0 Å². The quantitative estimate of drug-likeness (QED) is 0.600. The fourth-order valence-corrected chi connectivity index (χ4v) is 1.08. The van der Waals surface area contributed by atoms with Crippen LogP contribution in [0.2, 0.25) is 0 Å². The highest BCUT2D eigenvalue weighted by Gasteiger charge is 2.13. The normalized spacial score (nSPS) is 17.9. The molecule has 0 unspecified atom stereocenters. The van der Waals surface area contributed by atoms with Crippen molar-refractivity contribution >= 4 is 18.2 Å². The third-order valence-electron chi connectivity index (χ3n) is 1.61. The highest BCUT2D eigenvalue weighted by Crippen LogP contribution is 2.07. The number of hydrogen-bond donors (Lipinski definition) is 1. The van der Waals surface area contributed by atoms with Crippen molar-refractivity contribution in [1.82, 2.24) is 4.90 Å². The number of hydrogen-bond acceptors (Lipinski definition) is 1. The van der Waals surface area contributed by atoms with Gasteiger partial charge in [-0.3, -0.25) is 5.41 Å². The average molecular weight is 149 g/mol. The second-order valence-corrected chi connectivity index (χ2v) is 2.13. The predicted molar refractivity (Wildman–Crippen MR) is 41.5 cm³/mol. The molecular weight excluding hydrogens is 136 g/mol. The Labute approximate surface area is 62.2 Å². The van der Waals surface area contributed by atoms with E-state index >= 15 is 0 Å². The predicted octanol–water partition coefficient (Wildman–Crippen LogP) is 1.50. The molecule has 0 aliphatic carbocycles. The van der Waals surface area contributed by atoms with Gasteiger partial charge >= 0.3 is 0 Å². The van der Waals surface area contributed by atoms with Crippen molar-refractivity contribution in [3.63, 3.8) is 0 Å². The van der Waals surface area contributed by atoms with E-state index in [9.17, 15) is 0 Å². The van der Waals surface area contributed by atoms with Crippen molar-refractivity contribution in [3.8, 4) is 0 Å². The molecule has 54 valence electrons. The van der Waals surface area contributed by atoms with Crippen LogP contribution in [-0.4, -0.2) is 23.8 Å². The SMILES string of the molecule is CCN1CCCC1=N.Cl. The van der Waals surface area contributed by atoms with Gasteiger partial charge in [0.1, 0.15) is 0 Å². The molecule has 1 fully saturated rings. The lowest BCUT2D eigenvalue weighted by Gasteiger charge is -2.13. The van der Waals surface area contributed by atoms with Gasteiger partial charge in [-0.25, -0.2) is 0 Å². The Kier molecular flexibility index (Phi) is 3.62. The molecule has 1 rings (SSSR count). The van der Waals surface area contributed by atoms with Gasteiger partial charge in [0.25, 0.3) is 0 Å². The molecule has 0 saturated carbocycles. The van der Waals surface area contributed by atoms with Crippen LogP contribution in [0.15, 0.2) is 0 Å². The van der Waals surface area contributed by atoms with E-state index in [2.05, 4.69) is 11.8 Å². The van der Waals surface area contributed by atoms with Gasteiger partial charge in [-0.15, -0.1) is 12.4 Å². The topological polar surface area (TPSA) is 27.1 Å². The first-order valence-corrected chi connectivity index (χ1v) is 3.17. The number of rotatable bonds is 1. The Bertz CT molecular complexity index is 103.